The fourth-order valence-electron chi connectivity index (χ4n) is 3.39. The number of anilines is 2. The Labute approximate surface area is 147 Å². The maximum Gasteiger partial charge on any atom is 0.151 e. The second-order valence-electron chi connectivity index (χ2n) is 6.35. The number of hydrogen-bond donors (Lipinski definition) is 3. The van der Waals surface area contributed by atoms with Gasteiger partial charge in [0.25, 0.3) is 0 Å². The van der Waals surface area contributed by atoms with Crippen molar-refractivity contribution < 1.29 is 17.9 Å². The zero-order valence-electron chi connectivity index (χ0n) is 13.9. The first-order valence-electron chi connectivity index (χ1n) is 8.17. The van der Waals surface area contributed by atoms with Crippen LogP contribution in [0.15, 0.2) is 42.5 Å². The minimum Gasteiger partial charge on any atom is -0.330 e. The zero-order valence-corrected chi connectivity index (χ0v) is 14.7. The van der Waals surface area contributed by atoms with Crippen molar-refractivity contribution in [3.8, 4) is 0 Å². The van der Waals surface area contributed by atoms with Crippen molar-refractivity contribution in [2.75, 3.05) is 10.8 Å². The first-order valence-corrected chi connectivity index (χ1v) is 9.74. The predicted molar refractivity (Wildman–Crippen MR) is 98.1 cm³/mol. The summed E-state index contributed by atoms with van der Waals surface area (Å²) in [5, 5.41) is -0.565. The van der Waals surface area contributed by atoms with Gasteiger partial charge in [-0.3, -0.25) is 9.11 Å². The van der Waals surface area contributed by atoms with Gasteiger partial charge < -0.3 is 5.73 Å². The molecular formula is C18H22F2N2O2S. The van der Waals surface area contributed by atoms with Crippen molar-refractivity contribution in [3.63, 3.8) is 0 Å². The summed E-state index contributed by atoms with van der Waals surface area (Å²) in [4.78, 5) is 0. The molecule has 0 spiro atoms. The summed E-state index contributed by atoms with van der Waals surface area (Å²) in [7, 11) is -3.50. The van der Waals surface area contributed by atoms with E-state index in [1.165, 1.54) is 6.07 Å². The Hall–Kier alpha value is -1.67. The largest absolute Gasteiger partial charge is 0.330 e. The summed E-state index contributed by atoms with van der Waals surface area (Å²) in [5.41, 5.74) is 6.44. The fraction of sp³-hybridized carbons (Fsp3) is 0.333. The number of nitrogens with zero attached hydrogens (tertiary/aromatic N) is 1. The van der Waals surface area contributed by atoms with Crippen molar-refractivity contribution in [1.29, 1.82) is 0 Å². The van der Waals surface area contributed by atoms with Gasteiger partial charge in [0.15, 0.2) is 11.6 Å². The lowest BCUT2D eigenvalue weighted by Gasteiger charge is -2.54. The Bertz CT molecular complexity index is 752. The second-order valence-corrected chi connectivity index (χ2v) is 8.44. The lowest BCUT2D eigenvalue weighted by molar-refractivity contribution is 0.412. The number of rotatable bonds is 4. The average molecular weight is 368 g/mol. The summed E-state index contributed by atoms with van der Waals surface area (Å²) in [6, 6.07) is 10.5. The smallest absolute Gasteiger partial charge is 0.151 e. The van der Waals surface area contributed by atoms with Crippen molar-refractivity contribution >= 4 is 22.2 Å². The minimum absolute atomic E-state index is 0.110. The van der Waals surface area contributed by atoms with E-state index in [4.69, 9.17) is 5.73 Å². The maximum absolute atomic E-state index is 14.4. The van der Waals surface area contributed by atoms with Crippen LogP contribution in [0.4, 0.5) is 20.2 Å². The van der Waals surface area contributed by atoms with E-state index in [2.05, 4.69) is 0 Å². The predicted octanol–water partition coefficient (Wildman–Crippen LogP) is 4.68. The SMILES string of the molecule is CC(CCN)C1Cc2ccccc2N(c2c(F)cccc2F)S1(O)O. The monoisotopic (exact) mass is 368 g/mol. The van der Waals surface area contributed by atoms with Crippen LogP contribution in [0.1, 0.15) is 18.9 Å². The molecule has 1 aliphatic rings. The first-order chi connectivity index (χ1) is 11.9. The third-order valence-corrected chi connectivity index (χ3v) is 7.06. The molecule has 0 amide bonds. The van der Waals surface area contributed by atoms with E-state index in [1.54, 1.807) is 12.1 Å². The zero-order chi connectivity index (χ0) is 18.2. The molecule has 4 N–H and O–H groups in total. The van der Waals surface area contributed by atoms with Crippen LogP contribution in [0.2, 0.25) is 0 Å². The van der Waals surface area contributed by atoms with E-state index in [-0.39, 0.29) is 5.92 Å². The highest BCUT2D eigenvalue weighted by Crippen LogP contribution is 2.62. The van der Waals surface area contributed by atoms with Gasteiger partial charge in [0, 0.05) is 0 Å². The Morgan fingerprint density at radius 3 is 2.44 bits per heavy atom. The molecule has 1 aliphatic heterocycles. The number of hydrogen-bond acceptors (Lipinski definition) is 4. The van der Waals surface area contributed by atoms with Gasteiger partial charge in [0.05, 0.1) is 10.9 Å². The molecule has 0 saturated carbocycles. The molecule has 0 aliphatic carbocycles. The molecule has 0 radical (unpaired) electrons. The van der Waals surface area contributed by atoms with Crippen molar-refractivity contribution in [2.45, 2.75) is 25.0 Å². The molecule has 25 heavy (non-hydrogen) atoms. The Balaban J connectivity index is 2.20. The van der Waals surface area contributed by atoms with Gasteiger partial charge in [0.2, 0.25) is 0 Å². The molecule has 3 rings (SSSR count). The highest BCUT2D eigenvalue weighted by atomic mass is 32.3. The van der Waals surface area contributed by atoms with Crippen LogP contribution in [0.5, 0.6) is 0 Å². The highest BCUT2D eigenvalue weighted by molar-refractivity contribution is 8.26. The van der Waals surface area contributed by atoms with Crippen LogP contribution >= 0.6 is 10.8 Å². The molecule has 136 valence electrons. The lowest BCUT2D eigenvalue weighted by Crippen LogP contribution is -2.42. The quantitative estimate of drug-likeness (QED) is 0.733. The summed E-state index contributed by atoms with van der Waals surface area (Å²) >= 11 is 0. The number of para-hydroxylation sites is 2. The third-order valence-electron chi connectivity index (χ3n) is 4.70. The minimum atomic E-state index is -3.50. The van der Waals surface area contributed by atoms with Crippen LogP contribution in [0.3, 0.4) is 0 Å². The molecule has 0 bridgehead atoms. The highest BCUT2D eigenvalue weighted by Gasteiger charge is 2.43. The lowest BCUT2D eigenvalue weighted by atomic mass is 9.96. The molecule has 0 aromatic heterocycles. The molecule has 2 aromatic rings. The topological polar surface area (TPSA) is 69.7 Å². The van der Waals surface area contributed by atoms with Gasteiger partial charge in [-0.15, -0.1) is 10.8 Å². The molecule has 7 heteroatoms. The van der Waals surface area contributed by atoms with Gasteiger partial charge in [-0.1, -0.05) is 31.2 Å². The number of fused-ring (bicyclic) bond motifs is 1. The van der Waals surface area contributed by atoms with Gasteiger partial charge in [-0.05, 0) is 49.1 Å². The molecule has 4 nitrogen and oxygen atoms in total. The molecule has 0 saturated heterocycles. The van der Waals surface area contributed by atoms with E-state index < -0.39 is 33.3 Å². The van der Waals surface area contributed by atoms with E-state index in [9.17, 15) is 17.9 Å². The Morgan fingerprint density at radius 2 is 1.80 bits per heavy atom. The van der Waals surface area contributed by atoms with E-state index >= 15 is 0 Å². The second kappa shape index (κ2) is 6.92. The molecule has 2 aromatic carbocycles. The summed E-state index contributed by atoms with van der Waals surface area (Å²) in [6.07, 6.45) is 1.02. The molecule has 1 heterocycles. The molecule has 0 fully saturated rings. The van der Waals surface area contributed by atoms with Gasteiger partial charge in [-0.25, -0.2) is 13.1 Å². The average Bonchev–Trinajstić information content (AvgIpc) is 2.56. The van der Waals surface area contributed by atoms with Crippen molar-refractivity contribution in [3.05, 3.63) is 59.7 Å². The van der Waals surface area contributed by atoms with Gasteiger partial charge >= 0.3 is 0 Å². The molecule has 2 atom stereocenters. The van der Waals surface area contributed by atoms with Crippen molar-refractivity contribution in [1.82, 2.24) is 0 Å². The maximum atomic E-state index is 14.4. The molecule has 2 unspecified atom stereocenters. The van der Waals surface area contributed by atoms with Crippen LogP contribution in [-0.2, 0) is 6.42 Å². The van der Waals surface area contributed by atoms with E-state index in [0.29, 0.717) is 25.1 Å². The Kier molecular flexibility index (Phi) is 5.02. The van der Waals surface area contributed by atoms with Crippen molar-refractivity contribution in [2.24, 2.45) is 11.7 Å². The van der Waals surface area contributed by atoms with Crippen LogP contribution in [-0.4, -0.2) is 20.9 Å². The summed E-state index contributed by atoms with van der Waals surface area (Å²) in [5.74, 6) is -1.77. The first kappa shape index (κ1) is 18.1. The summed E-state index contributed by atoms with van der Waals surface area (Å²) in [6.45, 7) is 2.29. The van der Waals surface area contributed by atoms with E-state index in [0.717, 1.165) is 22.0 Å². The van der Waals surface area contributed by atoms with Crippen LogP contribution < -0.4 is 10.0 Å². The fourth-order valence-corrected chi connectivity index (χ4v) is 5.73. The third kappa shape index (κ3) is 3.13. The summed E-state index contributed by atoms with van der Waals surface area (Å²) < 4.78 is 52.0. The standard InChI is InChI=1S/C18H22F2N2O2S/c1-12(9-10-21)17-11-13-5-2-3-8-16(13)22(25(17,23)24)18-14(19)6-4-7-15(18)20/h2-8,12,17,23-24H,9-11,21H2,1H3. The molecular weight excluding hydrogens is 346 g/mol. The van der Waals surface area contributed by atoms with Gasteiger partial charge in [-0.2, -0.15) is 0 Å². The number of benzene rings is 2. The van der Waals surface area contributed by atoms with Gasteiger partial charge in [0.1, 0.15) is 5.69 Å². The number of halogens is 2. The van der Waals surface area contributed by atoms with E-state index in [1.807, 2.05) is 19.1 Å². The van der Waals surface area contributed by atoms with Crippen LogP contribution in [0.25, 0.3) is 0 Å². The Morgan fingerprint density at radius 1 is 1.16 bits per heavy atom. The number of nitrogens with two attached hydrogens (primary N) is 1. The normalized spacial score (nSPS) is 21.5. The van der Waals surface area contributed by atoms with Crippen LogP contribution in [0, 0.1) is 17.6 Å².